The molecule has 2 aromatic carbocycles. The Hall–Kier alpha value is -2.86. The van der Waals surface area contributed by atoms with E-state index in [1.54, 1.807) is 11.3 Å². The molecule has 0 bridgehead atoms. The van der Waals surface area contributed by atoms with Crippen LogP contribution >= 0.6 is 11.3 Å². The van der Waals surface area contributed by atoms with E-state index in [-0.39, 0.29) is 12.3 Å². The molecule has 0 aliphatic heterocycles. The van der Waals surface area contributed by atoms with E-state index >= 15 is 0 Å². The molecule has 0 radical (unpaired) electrons. The first kappa shape index (κ1) is 20.4. The summed E-state index contributed by atoms with van der Waals surface area (Å²) in [4.78, 5) is 17.0. The van der Waals surface area contributed by atoms with E-state index in [1.807, 2.05) is 31.2 Å². The van der Waals surface area contributed by atoms with Gasteiger partial charge in [0.15, 0.2) is 0 Å². The number of aryl methyl sites for hydroxylation is 3. The lowest BCUT2D eigenvalue weighted by Gasteiger charge is -2.10. The second-order valence-electron chi connectivity index (χ2n) is 7.89. The second kappa shape index (κ2) is 8.48. The molecule has 0 saturated heterocycles. The topological polar surface area (TPSA) is 85.4 Å². The summed E-state index contributed by atoms with van der Waals surface area (Å²) in [6, 6.07) is 12.1. The average Bonchev–Trinajstić information content (AvgIpc) is 3.27. The van der Waals surface area contributed by atoms with E-state index in [0.717, 1.165) is 58.1 Å². The van der Waals surface area contributed by atoms with Crippen molar-refractivity contribution in [3.63, 3.8) is 0 Å². The largest absolute Gasteiger partial charge is 0.493 e. The maximum atomic E-state index is 11.0. The molecule has 0 unspecified atom stereocenters. The van der Waals surface area contributed by atoms with E-state index in [0.29, 0.717) is 6.61 Å². The molecule has 5 nitrogen and oxygen atoms in total. The Morgan fingerprint density at radius 2 is 2.10 bits per heavy atom. The van der Waals surface area contributed by atoms with Crippen molar-refractivity contribution in [2.75, 3.05) is 12.3 Å². The number of hydrogen-bond acceptors (Lipinski definition) is 5. The first-order valence-electron chi connectivity index (χ1n) is 10.2. The summed E-state index contributed by atoms with van der Waals surface area (Å²) in [5.74, 6) is 0.224. The molecule has 3 aromatic rings. The van der Waals surface area contributed by atoms with Crippen LogP contribution in [0.3, 0.4) is 0 Å². The molecule has 0 fully saturated rings. The summed E-state index contributed by atoms with van der Waals surface area (Å²) in [5, 5.41) is 10.0. The van der Waals surface area contributed by atoms with Gasteiger partial charge in [-0.2, -0.15) is 0 Å². The number of aromatic nitrogens is 1. The minimum Gasteiger partial charge on any atom is -0.493 e. The van der Waals surface area contributed by atoms with E-state index in [1.165, 1.54) is 10.4 Å². The Morgan fingerprint density at radius 3 is 2.87 bits per heavy atom. The minimum atomic E-state index is -0.737. The van der Waals surface area contributed by atoms with Crippen molar-refractivity contribution in [3.8, 4) is 16.3 Å². The fourth-order valence-corrected chi connectivity index (χ4v) is 4.97. The van der Waals surface area contributed by atoms with Crippen LogP contribution in [0.25, 0.3) is 10.6 Å². The van der Waals surface area contributed by atoms with Gasteiger partial charge in [-0.1, -0.05) is 18.2 Å². The van der Waals surface area contributed by atoms with Gasteiger partial charge < -0.3 is 15.6 Å². The number of carbonyl (C=O) groups is 1. The minimum absolute atomic E-state index is 0.124. The fraction of sp³-hybridized carbons (Fsp3) is 0.333. The van der Waals surface area contributed by atoms with Crippen molar-refractivity contribution in [1.29, 1.82) is 0 Å². The van der Waals surface area contributed by atoms with Gasteiger partial charge in [0.1, 0.15) is 10.8 Å². The number of ether oxygens (including phenoxy) is 1. The van der Waals surface area contributed by atoms with Crippen LogP contribution in [0.1, 0.15) is 46.0 Å². The number of aliphatic carboxylic acids is 1. The van der Waals surface area contributed by atoms with Crippen LogP contribution in [0.2, 0.25) is 0 Å². The van der Waals surface area contributed by atoms with Crippen LogP contribution in [0.15, 0.2) is 36.4 Å². The number of nitrogen functional groups attached to an aromatic ring is 1. The smallest absolute Gasteiger partial charge is 0.303 e. The lowest BCUT2D eigenvalue weighted by Crippen LogP contribution is -2.04. The quantitative estimate of drug-likeness (QED) is 0.515. The highest BCUT2D eigenvalue weighted by atomic mass is 32.1. The average molecular weight is 423 g/mol. The molecule has 156 valence electrons. The monoisotopic (exact) mass is 422 g/mol. The molecule has 0 amide bonds. The maximum absolute atomic E-state index is 11.0. The van der Waals surface area contributed by atoms with Gasteiger partial charge in [-0.3, -0.25) is 4.79 Å². The van der Waals surface area contributed by atoms with Crippen molar-refractivity contribution in [2.24, 2.45) is 0 Å². The second-order valence-corrected chi connectivity index (χ2v) is 9.09. The van der Waals surface area contributed by atoms with Crippen molar-refractivity contribution in [3.05, 3.63) is 63.7 Å². The van der Waals surface area contributed by atoms with Gasteiger partial charge >= 0.3 is 5.97 Å². The van der Waals surface area contributed by atoms with Crippen LogP contribution < -0.4 is 10.5 Å². The highest BCUT2D eigenvalue weighted by molar-refractivity contribution is 7.15. The zero-order valence-electron chi connectivity index (χ0n) is 17.3. The fourth-order valence-electron chi connectivity index (χ4n) is 4.02. The summed E-state index contributed by atoms with van der Waals surface area (Å²) in [7, 11) is 0. The summed E-state index contributed by atoms with van der Waals surface area (Å²) >= 11 is 1.68. The predicted molar refractivity (Wildman–Crippen MR) is 120 cm³/mol. The van der Waals surface area contributed by atoms with Crippen molar-refractivity contribution in [2.45, 2.75) is 45.4 Å². The normalized spacial score (nSPS) is 15.2. The third kappa shape index (κ3) is 4.33. The molecule has 1 heterocycles. The molecule has 1 aliphatic rings. The molecule has 6 heteroatoms. The molecule has 1 aromatic heterocycles. The third-order valence-electron chi connectivity index (χ3n) is 5.76. The SMILES string of the molecule is Cc1ccc(-c2nc(CCOc3ccc4c(c3)CC[C@H]4CC(=O)O)c(C)s2)cc1N. The highest BCUT2D eigenvalue weighted by Crippen LogP contribution is 2.37. The van der Waals surface area contributed by atoms with Crippen molar-refractivity contribution in [1.82, 2.24) is 4.98 Å². The van der Waals surface area contributed by atoms with E-state index in [9.17, 15) is 4.79 Å². The van der Waals surface area contributed by atoms with Crippen LogP contribution in [0.5, 0.6) is 5.75 Å². The number of nitrogens with two attached hydrogens (primary N) is 1. The number of nitrogens with zero attached hydrogens (tertiary/aromatic N) is 1. The summed E-state index contributed by atoms with van der Waals surface area (Å²) in [5.41, 5.74) is 12.4. The van der Waals surface area contributed by atoms with Crippen LogP contribution in [0, 0.1) is 13.8 Å². The lowest BCUT2D eigenvalue weighted by molar-refractivity contribution is -0.137. The zero-order chi connectivity index (χ0) is 21.3. The Morgan fingerprint density at radius 1 is 1.27 bits per heavy atom. The number of benzene rings is 2. The number of fused-ring (bicyclic) bond motifs is 1. The lowest BCUT2D eigenvalue weighted by atomic mass is 9.98. The van der Waals surface area contributed by atoms with Crippen molar-refractivity contribution >= 4 is 23.0 Å². The first-order valence-corrected chi connectivity index (χ1v) is 11.0. The van der Waals surface area contributed by atoms with E-state index < -0.39 is 5.97 Å². The number of anilines is 1. The number of carboxylic acid groups (broad SMARTS) is 1. The van der Waals surface area contributed by atoms with Gasteiger partial charge in [0.2, 0.25) is 0 Å². The van der Waals surface area contributed by atoms with Gasteiger partial charge in [0, 0.05) is 22.5 Å². The van der Waals surface area contributed by atoms with Crippen LogP contribution in [-0.4, -0.2) is 22.7 Å². The Kier molecular flexibility index (Phi) is 5.77. The van der Waals surface area contributed by atoms with Gasteiger partial charge in [0.05, 0.1) is 18.7 Å². The van der Waals surface area contributed by atoms with Gasteiger partial charge in [-0.05, 0) is 67.5 Å². The summed E-state index contributed by atoms with van der Waals surface area (Å²) < 4.78 is 5.98. The van der Waals surface area contributed by atoms with Gasteiger partial charge in [-0.25, -0.2) is 4.98 Å². The first-order chi connectivity index (χ1) is 14.4. The molecule has 30 heavy (non-hydrogen) atoms. The Balaban J connectivity index is 1.39. The Bertz CT molecular complexity index is 1090. The molecule has 0 saturated carbocycles. The predicted octanol–water partition coefficient (Wildman–Crippen LogP) is 5.14. The summed E-state index contributed by atoms with van der Waals surface area (Å²) in [6.07, 6.45) is 2.75. The van der Waals surface area contributed by atoms with E-state index in [2.05, 4.69) is 19.1 Å². The van der Waals surface area contributed by atoms with Gasteiger partial charge in [-0.15, -0.1) is 11.3 Å². The molecule has 3 N–H and O–H groups in total. The third-order valence-corrected chi connectivity index (χ3v) is 6.83. The molecular formula is C24H26N2O3S. The van der Waals surface area contributed by atoms with Crippen LogP contribution in [0.4, 0.5) is 5.69 Å². The molecule has 1 atom stereocenters. The number of rotatable bonds is 7. The van der Waals surface area contributed by atoms with E-state index in [4.69, 9.17) is 20.6 Å². The molecule has 0 spiro atoms. The zero-order valence-corrected chi connectivity index (χ0v) is 18.1. The molecule has 1 aliphatic carbocycles. The number of carboxylic acids is 1. The summed E-state index contributed by atoms with van der Waals surface area (Å²) in [6.45, 7) is 4.64. The maximum Gasteiger partial charge on any atom is 0.303 e. The number of thiazole rings is 1. The van der Waals surface area contributed by atoms with Gasteiger partial charge in [0.25, 0.3) is 0 Å². The number of hydrogen-bond donors (Lipinski definition) is 2. The highest BCUT2D eigenvalue weighted by Gasteiger charge is 2.24. The van der Waals surface area contributed by atoms with Crippen LogP contribution in [-0.2, 0) is 17.6 Å². The Labute approximate surface area is 180 Å². The molecular weight excluding hydrogens is 396 g/mol. The standard InChI is InChI=1S/C24H26N2O3S/c1-14-3-4-18(12-21(14)25)24-26-22(15(2)30-24)9-10-29-19-7-8-20-16(11-19)5-6-17(20)13-23(27)28/h3-4,7-8,11-12,17H,5-6,9-10,13,25H2,1-2H3,(H,27,28)/t17-/m0/s1. The van der Waals surface area contributed by atoms with Crippen molar-refractivity contribution < 1.29 is 14.6 Å². The molecule has 4 rings (SSSR count).